The van der Waals surface area contributed by atoms with E-state index in [0.717, 1.165) is 168 Å². The zero-order chi connectivity index (χ0) is 92.8. The molecule has 0 amide bonds. The number of aromatic nitrogens is 1. The SMILES string of the molecule is c1ccc(-c2ccc(N(c3ccc(-c4ccccc4)cc3)c3cc(-c4ccc5ccccc5c4)cc(N(c4ccc(-c5cccc(-c6ccc(-c7ccc(N(c8ccc(-c9ccccc9)cc8)c8cc(-c9ccc%10ccccc%10c9)cc(N(c9ccc(-c%10ccccc%10)cc9)c9ccc%10c(c9)c9ccccc9n%10-c9ccccc9)c8)cc7)cc6)c5)cc4)c4ccc5c(c4)sc4ccccc45)c3)cc2)cc1. The van der Waals surface area contributed by atoms with E-state index < -0.39 is 0 Å². The van der Waals surface area contributed by atoms with E-state index in [4.69, 9.17) is 0 Å². The van der Waals surface area contributed by atoms with Crippen LogP contribution < -0.4 is 19.6 Å². The highest BCUT2D eigenvalue weighted by atomic mass is 32.1. The Labute approximate surface area is 819 Å². The Hall–Kier alpha value is -18.2. The summed E-state index contributed by atoms with van der Waals surface area (Å²) in [7, 11) is 0. The fourth-order valence-corrected chi connectivity index (χ4v) is 21.6. The molecule has 5 nitrogen and oxygen atoms in total. The van der Waals surface area contributed by atoms with E-state index >= 15 is 0 Å². The Bertz CT molecular complexity index is 8770. The minimum Gasteiger partial charge on any atom is -0.310 e. The van der Waals surface area contributed by atoms with E-state index in [9.17, 15) is 0 Å². The molecular formula is C134H91N5S. The fourth-order valence-electron chi connectivity index (χ4n) is 20.4. The zero-order valence-corrected chi connectivity index (χ0v) is 77.5. The summed E-state index contributed by atoms with van der Waals surface area (Å²) in [4.78, 5) is 9.77. The second-order valence-corrected chi connectivity index (χ2v) is 37.1. The number of nitrogens with zero attached hydrogens (tertiary/aromatic N) is 5. The standard InChI is InChI=1S/C134H91N5S/c1-6-25-92(26-7-1)99-53-65-115(66-54-99)135(116-67-55-100(56-68-116)93-27-8-2-9-28-93)124-85-113(111-52-50-97-34-17-19-36-107(97)83-111)87-126(89-124)138(122-77-79-129-128-42-21-23-44-133(128)140-134(129)91-122)120-75-63-105(64-76-120)109-38-24-37-108(81-109)104-47-45-98(46-48-104)103-61-71-118(72-62-103)136(117-69-57-101(58-70-117)94-29-10-3-11-30-94)123-84-112(110-51-49-96-33-16-18-35-106(96)82-110)86-125(88-123)137(119-73-59-102(60-74-119)95-31-12-4-13-32-95)121-78-80-132-130(90-121)127-41-20-22-43-131(127)139(132)114-39-14-5-15-40-114/h1-91H. The lowest BCUT2D eigenvalue weighted by molar-refractivity contribution is 1.18. The van der Waals surface area contributed by atoms with Gasteiger partial charge in [-0.1, -0.05) is 370 Å². The van der Waals surface area contributed by atoms with Gasteiger partial charge >= 0.3 is 0 Å². The largest absolute Gasteiger partial charge is 0.310 e. The molecule has 0 atom stereocenters. The highest BCUT2D eigenvalue weighted by Crippen LogP contribution is 2.51. The first kappa shape index (κ1) is 83.6. The molecule has 0 fully saturated rings. The third kappa shape index (κ3) is 16.3. The Kier molecular flexibility index (Phi) is 21.8. The number of fused-ring (bicyclic) bond motifs is 8. The third-order valence-corrected chi connectivity index (χ3v) is 28.6. The van der Waals surface area contributed by atoms with Crippen molar-refractivity contribution < 1.29 is 0 Å². The summed E-state index contributed by atoms with van der Waals surface area (Å²) in [5.41, 5.74) is 36.2. The lowest BCUT2D eigenvalue weighted by Crippen LogP contribution is -2.14. The van der Waals surface area contributed by atoms with Gasteiger partial charge in [0.25, 0.3) is 0 Å². The van der Waals surface area contributed by atoms with Gasteiger partial charge in [-0.2, -0.15) is 0 Å². The summed E-state index contributed by atoms with van der Waals surface area (Å²) in [6, 6.07) is 203. The molecule has 0 saturated carbocycles. The van der Waals surface area contributed by atoms with Crippen LogP contribution in [0.3, 0.4) is 0 Å². The molecule has 2 heterocycles. The van der Waals surface area contributed by atoms with Crippen LogP contribution in [0, 0.1) is 0 Å². The normalized spacial score (nSPS) is 11.4. The molecule has 0 unspecified atom stereocenters. The number of thiophene rings is 1. The van der Waals surface area contributed by atoms with Crippen LogP contribution in [0.25, 0.3) is 169 Å². The van der Waals surface area contributed by atoms with Gasteiger partial charge in [0.05, 0.1) is 11.0 Å². The van der Waals surface area contributed by atoms with Crippen molar-refractivity contribution in [2.45, 2.75) is 0 Å². The summed E-state index contributed by atoms with van der Waals surface area (Å²) in [5.74, 6) is 0. The van der Waals surface area contributed by atoms with Crippen LogP contribution in [0.5, 0.6) is 0 Å². The summed E-state index contributed by atoms with van der Waals surface area (Å²) in [6.45, 7) is 0. The van der Waals surface area contributed by atoms with E-state index in [2.05, 4.69) is 576 Å². The van der Waals surface area contributed by atoms with Gasteiger partial charge in [-0.3, -0.25) is 0 Å². The smallest absolute Gasteiger partial charge is 0.0542 e. The number of para-hydroxylation sites is 2. The minimum atomic E-state index is 1.00. The molecule has 0 aliphatic heterocycles. The molecule has 23 aromatic carbocycles. The van der Waals surface area contributed by atoms with Crippen LogP contribution in [0.2, 0.25) is 0 Å². The van der Waals surface area contributed by atoms with Gasteiger partial charge in [-0.15, -0.1) is 11.3 Å². The molecule has 0 aliphatic carbocycles. The maximum absolute atomic E-state index is 2.46. The Balaban J connectivity index is 0.574. The van der Waals surface area contributed by atoms with Gasteiger partial charge in [0.15, 0.2) is 0 Å². The Morgan fingerprint density at radius 3 is 0.807 bits per heavy atom. The van der Waals surface area contributed by atoms with Crippen LogP contribution in [0.15, 0.2) is 552 Å². The summed E-state index contributed by atoms with van der Waals surface area (Å²) < 4.78 is 4.89. The van der Waals surface area contributed by atoms with E-state index in [0.29, 0.717) is 0 Å². The molecule has 140 heavy (non-hydrogen) atoms. The quantitative estimate of drug-likeness (QED) is 0.0673. The van der Waals surface area contributed by atoms with Gasteiger partial charge < -0.3 is 24.2 Å². The van der Waals surface area contributed by atoms with Gasteiger partial charge in [0.1, 0.15) is 0 Å². The van der Waals surface area contributed by atoms with E-state index in [1.807, 2.05) is 11.3 Å². The highest BCUT2D eigenvalue weighted by molar-refractivity contribution is 7.25. The molecule has 6 heteroatoms. The third-order valence-electron chi connectivity index (χ3n) is 27.5. The van der Waals surface area contributed by atoms with Crippen LogP contribution in [0.1, 0.15) is 0 Å². The summed E-state index contributed by atoms with van der Waals surface area (Å²) >= 11 is 1.85. The molecule has 0 radical (unpaired) electrons. The first-order chi connectivity index (χ1) is 69.3. The molecule has 0 saturated heterocycles. The topological polar surface area (TPSA) is 17.9 Å². The highest BCUT2D eigenvalue weighted by Gasteiger charge is 2.27. The first-order valence-electron chi connectivity index (χ1n) is 47.9. The Morgan fingerprint density at radius 2 is 0.400 bits per heavy atom. The second kappa shape index (κ2) is 36.5. The molecule has 0 N–H and O–H groups in total. The van der Waals surface area contributed by atoms with E-state index in [-0.39, 0.29) is 0 Å². The van der Waals surface area contributed by atoms with Crippen LogP contribution in [-0.2, 0) is 0 Å². The lowest BCUT2D eigenvalue weighted by atomic mass is 9.96. The van der Waals surface area contributed by atoms with Crippen LogP contribution in [-0.4, -0.2) is 4.57 Å². The van der Waals surface area contributed by atoms with Crippen molar-refractivity contribution in [1.82, 2.24) is 4.57 Å². The van der Waals surface area contributed by atoms with Crippen molar-refractivity contribution >= 4 is 143 Å². The zero-order valence-electron chi connectivity index (χ0n) is 76.7. The van der Waals surface area contributed by atoms with Gasteiger partial charge in [-0.05, 0) is 304 Å². The fraction of sp³-hybridized carbons (Fsp3) is 0. The molecule has 25 aromatic rings. The van der Waals surface area contributed by atoms with Gasteiger partial charge in [0, 0.05) is 105 Å². The maximum atomic E-state index is 2.46. The van der Waals surface area contributed by atoms with Gasteiger partial charge in [-0.25, -0.2) is 0 Å². The molecule has 0 bridgehead atoms. The van der Waals surface area contributed by atoms with Gasteiger partial charge in [0.2, 0.25) is 0 Å². The average molecular weight is 1800 g/mol. The average Bonchev–Trinajstić information content (AvgIpc) is 1.64. The molecule has 2 aromatic heterocycles. The van der Waals surface area contributed by atoms with E-state index in [1.54, 1.807) is 0 Å². The van der Waals surface area contributed by atoms with Crippen molar-refractivity contribution in [2.75, 3.05) is 19.6 Å². The number of hydrogen-bond acceptors (Lipinski definition) is 5. The van der Waals surface area contributed by atoms with Crippen molar-refractivity contribution in [2.24, 2.45) is 0 Å². The minimum absolute atomic E-state index is 1.00. The van der Waals surface area contributed by atoms with Crippen LogP contribution >= 0.6 is 11.3 Å². The molecule has 0 spiro atoms. The second-order valence-electron chi connectivity index (χ2n) is 36.0. The predicted octanol–water partition coefficient (Wildman–Crippen LogP) is 38.3. The van der Waals surface area contributed by atoms with Crippen molar-refractivity contribution in [3.05, 3.63) is 552 Å². The first-order valence-corrected chi connectivity index (χ1v) is 48.7. The number of anilines is 12. The number of benzene rings is 23. The molecule has 25 rings (SSSR count). The predicted molar refractivity (Wildman–Crippen MR) is 596 cm³/mol. The molecule has 658 valence electrons. The monoisotopic (exact) mass is 1800 g/mol. The number of rotatable bonds is 22. The summed E-state index contributed by atoms with van der Waals surface area (Å²) in [5, 5.41) is 9.63. The van der Waals surface area contributed by atoms with Crippen molar-refractivity contribution in [3.8, 4) is 106 Å². The Morgan fingerprint density at radius 1 is 0.129 bits per heavy atom. The summed E-state index contributed by atoms with van der Waals surface area (Å²) in [6.07, 6.45) is 0. The number of hydrogen-bond donors (Lipinski definition) is 0. The van der Waals surface area contributed by atoms with Crippen molar-refractivity contribution in [1.29, 1.82) is 0 Å². The molecule has 0 aliphatic rings. The maximum Gasteiger partial charge on any atom is 0.0542 e. The van der Waals surface area contributed by atoms with E-state index in [1.165, 1.54) is 69.2 Å². The molecular weight excluding hydrogens is 1710 g/mol. The van der Waals surface area contributed by atoms with Crippen molar-refractivity contribution in [3.63, 3.8) is 0 Å². The van der Waals surface area contributed by atoms with Crippen LogP contribution in [0.4, 0.5) is 68.2 Å². The lowest BCUT2D eigenvalue weighted by Gasteiger charge is -2.31.